The third-order valence-electron chi connectivity index (χ3n) is 5.61. The number of carbonyl (C=O) groups excluding carboxylic acids is 1. The van der Waals surface area contributed by atoms with Gasteiger partial charge in [0, 0.05) is 48.2 Å². The van der Waals surface area contributed by atoms with Crippen molar-refractivity contribution < 1.29 is 4.79 Å². The van der Waals surface area contributed by atoms with Crippen molar-refractivity contribution in [1.29, 1.82) is 0 Å². The summed E-state index contributed by atoms with van der Waals surface area (Å²) in [4.78, 5) is 29.6. The Kier molecular flexibility index (Phi) is 5.13. The van der Waals surface area contributed by atoms with Gasteiger partial charge < -0.3 is 10.6 Å². The maximum atomic E-state index is 12.8. The molecule has 4 aromatic rings. The average molecular weight is 433 g/mol. The molecule has 0 bridgehead atoms. The number of hydrogen-bond donors (Lipinski definition) is 1. The van der Waals surface area contributed by atoms with Crippen molar-refractivity contribution in [3.05, 3.63) is 71.1 Å². The van der Waals surface area contributed by atoms with Gasteiger partial charge in [0.25, 0.3) is 0 Å². The summed E-state index contributed by atoms with van der Waals surface area (Å²) in [6.45, 7) is 3.13. The predicted molar refractivity (Wildman–Crippen MR) is 121 cm³/mol. The number of fused-ring (bicyclic) bond motifs is 2. The van der Waals surface area contributed by atoms with E-state index in [9.17, 15) is 4.79 Å². The lowest BCUT2D eigenvalue weighted by Crippen LogP contribution is -2.49. The highest BCUT2D eigenvalue weighted by molar-refractivity contribution is 6.31. The summed E-state index contributed by atoms with van der Waals surface area (Å²) in [5, 5.41) is 2.55. The van der Waals surface area contributed by atoms with Crippen LogP contribution in [0, 0.1) is 0 Å². The SMILES string of the molecule is Nc1ncnc2cc(CN3CCN(Cc4cnc5cc(Cl)ccc5c4)CC3=O)ccc12. The monoisotopic (exact) mass is 432 g/mol. The van der Waals surface area contributed by atoms with Crippen molar-refractivity contribution in [3.63, 3.8) is 0 Å². The molecule has 156 valence electrons. The molecular formula is C23H21ClN6O. The molecule has 2 aromatic heterocycles. The molecule has 31 heavy (non-hydrogen) atoms. The van der Waals surface area contributed by atoms with Crippen LogP contribution in [0.1, 0.15) is 11.1 Å². The van der Waals surface area contributed by atoms with Crippen molar-refractivity contribution in [2.24, 2.45) is 0 Å². The Morgan fingerprint density at radius 3 is 2.71 bits per heavy atom. The van der Waals surface area contributed by atoms with Gasteiger partial charge in [0.05, 0.1) is 17.6 Å². The molecule has 0 spiro atoms. The van der Waals surface area contributed by atoms with Crippen LogP contribution in [0.3, 0.4) is 0 Å². The summed E-state index contributed by atoms with van der Waals surface area (Å²) in [5.41, 5.74) is 9.68. The van der Waals surface area contributed by atoms with E-state index in [4.69, 9.17) is 17.3 Å². The van der Waals surface area contributed by atoms with Gasteiger partial charge in [0.1, 0.15) is 12.1 Å². The summed E-state index contributed by atoms with van der Waals surface area (Å²) < 4.78 is 0. The molecule has 1 aliphatic rings. The molecule has 0 atom stereocenters. The van der Waals surface area contributed by atoms with Crippen LogP contribution in [0.2, 0.25) is 5.02 Å². The number of piperazine rings is 1. The van der Waals surface area contributed by atoms with Crippen LogP contribution in [0.25, 0.3) is 21.8 Å². The number of anilines is 1. The molecule has 0 radical (unpaired) electrons. The van der Waals surface area contributed by atoms with E-state index in [0.717, 1.165) is 39.5 Å². The summed E-state index contributed by atoms with van der Waals surface area (Å²) in [6.07, 6.45) is 3.32. The lowest BCUT2D eigenvalue weighted by molar-refractivity contribution is -0.136. The second kappa shape index (κ2) is 8.09. The number of nitrogens with zero attached hydrogens (tertiary/aromatic N) is 5. The van der Waals surface area contributed by atoms with E-state index in [2.05, 4.69) is 25.9 Å². The van der Waals surface area contributed by atoms with Crippen LogP contribution in [0.5, 0.6) is 0 Å². The van der Waals surface area contributed by atoms with E-state index in [-0.39, 0.29) is 5.91 Å². The second-order valence-corrected chi connectivity index (χ2v) is 8.25. The molecule has 0 aliphatic carbocycles. The van der Waals surface area contributed by atoms with Gasteiger partial charge >= 0.3 is 0 Å². The minimum Gasteiger partial charge on any atom is -0.383 e. The Hall–Kier alpha value is -3.29. The van der Waals surface area contributed by atoms with Gasteiger partial charge in [0.2, 0.25) is 5.91 Å². The molecule has 1 saturated heterocycles. The zero-order valence-corrected chi connectivity index (χ0v) is 17.6. The number of amides is 1. The van der Waals surface area contributed by atoms with Gasteiger partial charge in [0.15, 0.2) is 0 Å². The third kappa shape index (κ3) is 4.15. The highest BCUT2D eigenvalue weighted by atomic mass is 35.5. The molecule has 2 aromatic carbocycles. The highest BCUT2D eigenvalue weighted by Crippen LogP contribution is 2.21. The lowest BCUT2D eigenvalue weighted by Gasteiger charge is -2.34. The number of benzene rings is 2. The summed E-state index contributed by atoms with van der Waals surface area (Å²) in [5.74, 6) is 0.585. The molecule has 0 unspecified atom stereocenters. The third-order valence-corrected chi connectivity index (χ3v) is 5.85. The van der Waals surface area contributed by atoms with Crippen molar-refractivity contribution in [2.75, 3.05) is 25.4 Å². The summed E-state index contributed by atoms with van der Waals surface area (Å²) in [6, 6.07) is 13.7. The van der Waals surface area contributed by atoms with E-state index in [1.54, 1.807) is 0 Å². The van der Waals surface area contributed by atoms with Crippen molar-refractivity contribution >= 4 is 45.1 Å². The number of nitrogen functional groups attached to an aromatic ring is 1. The number of pyridine rings is 1. The number of halogens is 1. The first-order chi connectivity index (χ1) is 15.0. The first-order valence-electron chi connectivity index (χ1n) is 10.1. The van der Waals surface area contributed by atoms with Crippen molar-refractivity contribution in [3.8, 4) is 0 Å². The highest BCUT2D eigenvalue weighted by Gasteiger charge is 2.24. The van der Waals surface area contributed by atoms with Crippen LogP contribution in [-0.4, -0.2) is 50.3 Å². The second-order valence-electron chi connectivity index (χ2n) is 7.82. The molecule has 8 heteroatoms. The lowest BCUT2D eigenvalue weighted by atomic mass is 10.1. The van der Waals surface area contributed by atoms with Crippen LogP contribution in [-0.2, 0) is 17.9 Å². The molecule has 1 fully saturated rings. The number of rotatable bonds is 4. The van der Waals surface area contributed by atoms with Gasteiger partial charge in [-0.05, 0) is 41.5 Å². The van der Waals surface area contributed by atoms with Gasteiger partial charge in [-0.2, -0.15) is 0 Å². The number of hydrogen-bond acceptors (Lipinski definition) is 6. The number of nitrogens with two attached hydrogens (primary N) is 1. The molecule has 5 rings (SSSR count). The van der Waals surface area contributed by atoms with E-state index in [1.807, 2.05) is 47.5 Å². The van der Waals surface area contributed by atoms with E-state index < -0.39 is 0 Å². The molecule has 7 nitrogen and oxygen atoms in total. The average Bonchev–Trinajstić information content (AvgIpc) is 2.76. The fourth-order valence-corrected chi connectivity index (χ4v) is 4.15. The Morgan fingerprint density at radius 2 is 1.84 bits per heavy atom. The largest absolute Gasteiger partial charge is 0.383 e. The smallest absolute Gasteiger partial charge is 0.237 e. The minimum absolute atomic E-state index is 0.120. The molecule has 0 saturated carbocycles. The first kappa shape index (κ1) is 19.7. The predicted octanol–water partition coefficient (Wildman–Crippen LogP) is 3.26. The van der Waals surface area contributed by atoms with E-state index in [1.165, 1.54) is 6.33 Å². The summed E-state index contributed by atoms with van der Waals surface area (Å²) in [7, 11) is 0. The molecule has 1 amide bonds. The van der Waals surface area contributed by atoms with Crippen LogP contribution < -0.4 is 5.73 Å². The summed E-state index contributed by atoms with van der Waals surface area (Å²) >= 11 is 6.04. The molecule has 2 N–H and O–H groups in total. The van der Waals surface area contributed by atoms with Gasteiger partial charge in [-0.15, -0.1) is 0 Å². The fourth-order valence-electron chi connectivity index (χ4n) is 3.99. The maximum absolute atomic E-state index is 12.8. The Balaban J connectivity index is 1.24. The topological polar surface area (TPSA) is 88.2 Å². The number of aromatic nitrogens is 3. The first-order valence-corrected chi connectivity index (χ1v) is 10.5. The van der Waals surface area contributed by atoms with Gasteiger partial charge in [-0.3, -0.25) is 14.7 Å². The Labute approximate surface area is 184 Å². The van der Waals surface area contributed by atoms with Crippen LogP contribution in [0.15, 0.2) is 55.0 Å². The van der Waals surface area contributed by atoms with Gasteiger partial charge in [-0.1, -0.05) is 23.7 Å². The fraction of sp³-hybridized carbons (Fsp3) is 0.217. The standard InChI is InChI=1S/C23H21ClN6O/c24-18-3-2-17-7-16(10-26-20(17)9-18)11-29-5-6-30(22(31)13-29)12-15-1-4-19-21(8-15)27-14-28-23(19)25/h1-4,7-10,14H,5-6,11-13H2,(H2,25,27,28). The van der Waals surface area contributed by atoms with E-state index in [0.29, 0.717) is 37.0 Å². The maximum Gasteiger partial charge on any atom is 0.237 e. The quantitative estimate of drug-likeness (QED) is 0.532. The minimum atomic E-state index is 0.120. The van der Waals surface area contributed by atoms with E-state index >= 15 is 0 Å². The van der Waals surface area contributed by atoms with Crippen LogP contribution >= 0.6 is 11.6 Å². The zero-order valence-electron chi connectivity index (χ0n) is 16.8. The van der Waals surface area contributed by atoms with Crippen molar-refractivity contribution in [2.45, 2.75) is 13.1 Å². The number of carbonyl (C=O) groups is 1. The molecule has 3 heterocycles. The molecule has 1 aliphatic heterocycles. The van der Waals surface area contributed by atoms with Crippen LogP contribution in [0.4, 0.5) is 5.82 Å². The van der Waals surface area contributed by atoms with Gasteiger partial charge in [-0.25, -0.2) is 9.97 Å². The zero-order chi connectivity index (χ0) is 21.4. The normalized spacial score (nSPS) is 15.1. The Bertz CT molecular complexity index is 1290. The Morgan fingerprint density at radius 1 is 0.935 bits per heavy atom. The molecular weight excluding hydrogens is 412 g/mol. The van der Waals surface area contributed by atoms with Crippen molar-refractivity contribution in [1.82, 2.24) is 24.8 Å².